The minimum Gasteiger partial charge on any atom is -0.357 e. The fourth-order valence-corrected chi connectivity index (χ4v) is 2.13. The zero-order valence-electron chi connectivity index (χ0n) is 11.6. The first-order chi connectivity index (χ1) is 8.72. The van der Waals surface area contributed by atoms with Crippen molar-refractivity contribution in [3.8, 4) is 0 Å². The van der Waals surface area contributed by atoms with Crippen LogP contribution in [0.3, 0.4) is 0 Å². The van der Waals surface area contributed by atoms with Crippen molar-refractivity contribution in [2.75, 3.05) is 33.7 Å². The highest BCUT2D eigenvalue weighted by Gasteiger charge is 1.98. The Morgan fingerprint density at radius 3 is 2.83 bits per heavy atom. The number of thiophene rings is 1. The van der Waals surface area contributed by atoms with E-state index in [4.69, 9.17) is 0 Å². The van der Waals surface area contributed by atoms with Crippen LogP contribution in [0.15, 0.2) is 22.5 Å². The highest BCUT2D eigenvalue weighted by atomic mass is 32.1. The summed E-state index contributed by atoms with van der Waals surface area (Å²) in [5.74, 6) is 0.907. The molecule has 4 nitrogen and oxygen atoms in total. The Bertz CT molecular complexity index is 333. The van der Waals surface area contributed by atoms with E-state index in [1.165, 1.54) is 4.88 Å². The minimum atomic E-state index is 0.751. The van der Waals surface area contributed by atoms with Gasteiger partial charge in [-0.1, -0.05) is 6.07 Å². The maximum absolute atomic E-state index is 4.56. The number of nitrogens with zero attached hydrogens (tertiary/aromatic N) is 2. The molecule has 0 aliphatic carbocycles. The number of rotatable bonds is 7. The molecular weight excluding hydrogens is 244 g/mol. The normalized spacial score (nSPS) is 11.9. The first-order valence-corrected chi connectivity index (χ1v) is 7.29. The summed E-state index contributed by atoms with van der Waals surface area (Å²) in [6, 6.07) is 4.18. The Labute approximate surface area is 114 Å². The fourth-order valence-electron chi connectivity index (χ4n) is 1.50. The molecule has 0 atom stereocenters. The Balaban J connectivity index is 2.31. The minimum absolute atomic E-state index is 0.751. The van der Waals surface area contributed by atoms with Gasteiger partial charge in [0.05, 0.1) is 6.54 Å². The van der Waals surface area contributed by atoms with E-state index < -0.39 is 0 Å². The molecule has 1 aromatic rings. The third-order valence-corrected chi connectivity index (χ3v) is 3.25. The van der Waals surface area contributed by atoms with Gasteiger partial charge in [0, 0.05) is 18.0 Å². The van der Waals surface area contributed by atoms with Gasteiger partial charge in [0.15, 0.2) is 5.96 Å². The fraction of sp³-hybridized carbons (Fsp3) is 0.615. The maximum Gasteiger partial charge on any atom is 0.191 e. The molecule has 0 unspecified atom stereocenters. The second-order valence-electron chi connectivity index (χ2n) is 4.36. The van der Waals surface area contributed by atoms with Crippen LogP contribution >= 0.6 is 11.3 Å². The summed E-state index contributed by atoms with van der Waals surface area (Å²) >= 11 is 1.75. The van der Waals surface area contributed by atoms with Gasteiger partial charge < -0.3 is 15.5 Å². The summed E-state index contributed by atoms with van der Waals surface area (Å²) in [4.78, 5) is 8.05. The molecule has 0 spiro atoms. The summed E-state index contributed by atoms with van der Waals surface area (Å²) in [6.45, 7) is 5.78. The molecule has 0 fully saturated rings. The van der Waals surface area contributed by atoms with Gasteiger partial charge in [-0.3, -0.25) is 0 Å². The zero-order chi connectivity index (χ0) is 13.2. The maximum atomic E-state index is 4.56. The molecule has 1 heterocycles. The molecule has 0 aliphatic heterocycles. The molecule has 0 radical (unpaired) electrons. The van der Waals surface area contributed by atoms with Crippen LogP contribution in [0.4, 0.5) is 0 Å². The third-order valence-electron chi connectivity index (χ3n) is 2.39. The molecule has 0 bridgehead atoms. The molecule has 102 valence electrons. The molecule has 2 N–H and O–H groups in total. The lowest BCUT2D eigenvalue weighted by Gasteiger charge is -2.13. The number of nitrogens with one attached hydrogen (secondary N) is 2. The summed E-state index contributed by atoms with van der Waals surface area (Å²) in [5, 5.41) is 8.70. The van der Waals surface area contributed by atoms with Crippen molar-refractivity contribution in [2.45, 2.75) is 19.9 Å². The molecule has 18 heavy (non-hydrogen) atoms. The van der Waals surface area contributed by atoms with Gasteiger partial charge in [0.1, 0.15) is 0 Å². The smallest absolute Gasteiger partial charge is 0.191 e. The lowest BCUT2D eigenvalue weighted by molar-refractivity contribution is 0.399. The molecule has 1 rings (SSSR count). The van der Waals surface area contributed by atoms with Crippen LogP contribution in [0, 0.1) is 0 Å². The molecule has 0 aliphatic rings. The van der Waals surface area contributed by atoms with Crippen LogP contribution in [-0.2, 0) is 6.54 Å². The number of guanidine groups is 1. The van der Waals surface area contributed by atoms with E-state index in [1.54, 1.807) is 11.3 Å². The molecule has 0 saturated heterocycles. The second kappa shape index (κ2) is 8.94. The Kier molecular flexibility index (Phi) is 7.44. The van der Waals surface area contributed by atoms with Gasteiger partial charge in [0.2, 0.25) is 0 Å². The van der Waals surface area contributed by atoms with Gasteiger partial charge in [-0.15, -0.1) is 11.3 Å². The lowest BCUT2D eigenvalue weighted by atomic mass is 10.4. The second-order valence-corrected chi connectivity index (χ2v) is 5.39. The Hall–Kier alpha value is -1.07. The van der Waals surface area contributed by atoms with E-state index in [0.717, 1.165) is 38.6 Å². The van der Waals surface area contributed by atoms with Gasteiger partial charge in [-0.25, -0.2) is 4.99 Å². The van der Waals surface area contributed by atoms with Gasteiger partial charge >= 0.3 is 0 Å². The van der Waals surface area contributed by atoms with Crippen molar-refractivity contribution in [1.82, 2.24) is 15.5 Å². The number of hydrogen-bond acceptors (Lipinski definition) is 3. The quantitative estimate of drug-likeness (QED) is 0.450. The Morgan fingerprint density at radius 2 is 2.22 bits per heavy atom. The standard InChI is InChI=1S/C13H24N4S/c1-4-14-13(15-8-6-9-17(2)3)16-11-12-7-5-10-18-12/h5,7,10H,4,6,8-9,11H2,1-3H3,(H2,14,15,16). The average Bonchev–Trinajstić information content (AvgIpc) is 2.84. The van der Waals surface area contributed by atoms with Crippen LogP contribution in [0.5, 0.6) is 0 Å². The first kappa shape index (κ1) is 15.0. The van der Waals surface area contributed by atoms with E-state index in [1.807, 2.05) is 0 Å². The predicted octanol–water partition coefficient (Wildman–Crippen LogP) is 1.75. The van der Waals surface area contributed by atoms with Gasteiger partial charge in [-0.2, -0.15) is 0 Å². The highest BCUT2D eigenvalue weighted by Crippen LogP contribution is 2.09. The van der Waals surface area contributed by atoms with Crippen LogP contribution in [0.25, 0.3) is 0 Å². The summed E-state index contributed by atoms with van der Waals surface area (Å²) in [7, 11) is 4.19. The van der Waals surface area contributed by atoms with E-state index in [9.17, 15) is 0 Å². The van der Waals surface area contributed by atoms with E-state index in [0.29, 0.717) is 0 Å². The topological polar surface area (TPSA) is 39.7 Å². The monoisotopic (exact) mass is 268 g/mol. The number of hydrogen-bond donors (Lipinski definition) is 2. The van der Waals surface area contributed by atoms with Crippen LogP contribution in [-0.4, -0.2) is 44.6 Å². The van der Waals surface area contributed by atoms with Crippen molar-refractivity contribution in [2.24, 2.45) is 4.99 Å². The molecule has 5 heteroatoms. The molecular formula is C13H24N4S. The van der Waals surface area contributed by atoms with E-state index >= 15 is 0 Å². The summed E-state index contributed by atoms with van der Waals surface area (Å²) < 4.78 is 0. The van der Waals surface area contributed by atoms with Crippen LogP contribution in [0.1, 0.15) is 18.2 Å². The van der Waals surface area contributed by atoms with Gasteiger partial charge in [-0.05, 0) is 45.4 Å². The SMILES string of the molecule is CCNC(=NCc1cccs1)NCCCN(C)C. The molecule has 0 aromatic carbocycles. The van der Waals surface area contributed by atoms with Gasteiger partial charge in [0.25, 0.3) is 0 Å². The first-order valence-electron chi connectivity index (χ1n) is 6.41. The third kappa shape index (κ3) is 6.61. The molecule has 1 aromatic heterocycles. The van der Waals surface area contributed by atoms with Crippen molar-refractivity contribution < 1.29 is 0 Å². The van der Waals surface area contributed by atoms with Crippen LogP contribution in [0.2, 0.25) is 0 Å². The number of aliphatic imine (C=N–C) groups is 1. The van der Waals surface area contributed by atoms with Crippen molar-refractivity contribution >= 4 is 17.3 Å². The summed E-state index contributed by atoms with van der Waals surface area (Å²) in [5.41, 5.74) is 0. The molecule has 0 amide bonds. The Morgan fingerprint density at radius 1 is 1.39 bits per heavy atom. The largest absolute Gasteiger partial charge is 0.357 e. The highest BCUT2D eigenvalue weighted by molar-refractivity contribution is 7.09. The summed E-state index contributed by atoms with van der Waals surface area (Å²) in [6.07, 6.45) is 1.12. The van der Waals surface area contributed by atoms with Crippen molar-refractivity contribution in [3.05, 3.63) is 22.4 Å². The molecule has 0 saturated carbocycles. The van der Waals surface area contributed by atoms with Crippen molar-refractivity contribution in [3.63, 3.8) is 0 Å². The van der Waals surface area contributed by atoms with E-state index in [2.05, 4.69) is 59.1 Å². The predicted molar refractivity (Wildman–Crippen MR) is 80.3 cm³/mol. The zero-order valence-corrected chi connectivity index (χ0v) is 12.4. The van der Waals surface area contributed by atoms with Crippen LogP contribution < -0.4 is 10.6 Å². The average molecular weight is 268 g/mol. The lowest BCUT2D eigenvalue weighted by Crippen LogP contribution is -2.38. The van der Waals surface area contributed by atoms with E-state index in [-0.39, 0.29) is 0 Å². The van der Waals surface area contributed by atoms with Crippen molar-refractivity contribution in [1.29, 1.82) is 0 Å².